The summed E-state index contributed by atoms with van der Waals surface area (Å²) >= 11 is 0. The zero-order valence-electron chi connectivity index (χ0n) is 17.1. The number of hydrogen-bond acceptors (Lipinski definition) is 4. The van der Waals surface area contributed by atoms with E-state index in [9.17, 15) is 4.79 Å². The highest BCUT2D eigenvalue weighted by Crippen LogP contribution is 2.37. The molecule has 0 radical (unpaired) electrons. The zero-order chi connectivity index (χ0) is 19.6. The minimum Gasteiger partial charge on any atom is -0.497 e. The third-order valence-electron chi connectivity index (χ3n) is 4.80. The normalized spacial score (nSPS) is 13.8. The molecule has 1 rings (SSSR count). The SMILES string of the molecule is COc1ccc(COC[C@H](C/C=C\CC=O)O[Si](C)(C)C(C)(C)C)cc1. The van der Waals surface area contributed by atoms with Crippen LogP contribution in [-0.4, -0.2) is 34.4 Å². The summed E-state index contributed by atoms with van der Waals surface area (Å²) in [6.45, 7) is 12.3. The van der Waals surface area contributed by atoms with Crippen LogP contribution in [0.25, 0.3) is 0 Å². The fourth-order valence-corrected chi connectivity index (χ4v) is 3.52. The van der Waals surface area contributed by atoms with E-state index in [1.807, 2.05) is 36.4 Å². The van der Waals surface area contributed by atoms with Crippen molar-refractivity contribution in [1.29, 1.82) is 0 Å². The molecule has 26 heavy (non-hydrogen) atoms. The fraction of sp³-hybridized carbons (Fsp3) is 0.571. The second-order valence-electron chi connectivity index (χ2n) is 7.97. The highest BCUT2D eigenvalue weighted by Gasteiger charge is 2.38. The first kappa shape index (κ1) is 22.6. The number of benzene rings is 1. The monoisotopic (exact) mass is 378 g/mol. The molecule has 1 aromatic rings. The number of aldehydes is 1. The van der Waals surface area contributed by atoms with Crippen molar-refractivity contribution in [2.45, 2.75) is 64.5 Å². The first-order valence-corrected chi connectivity index (χ1v) is 12.1. The topological polar surface area (TPSA) is 44.8 Å². The number of hydrogen-bond donors (Lipinski definition) is 0. The van der Waals surface area contributed by atoms with Crippen LogP contribution in [0.1, 0.15) is 39.2 Å². The van der Waals surface area contributed by atoms with E-state index in [4.69, 9.17) is 13.9 Å². The van der Waals surface area contributed by atoms with E-state index in [1.54, 1.807) is 7.11 Å². The lowest BCUT2D eigenvalue weighted by Crippen LogP contribution is -2.45. The van der Waals surface area contributed by atoms with Crippen LogP contribution in [0.15, 0.2) is 36.4 Å². The molecule has 0 unspecified atom stereocenters. The van der Waals surface area contributed by atoms with Crippen LogP contribution >= 0.6 is 0 Å². The molecule has 0 aliphatic heterocycles. The van der Waals surface area contributed by atoms with Gasteiger partial charge < -0.3 is 18.7 Å². The number of carbonyl (C=O) groups is 1. The number of ether oxygens (including phenoxy) is 2. The fourth-order valence-electron chi connectivity index (χ4n) is 2.17. The summed E-state index contributed by atoms with van der Waals surface area (Å²) in [7, 11) is -0.219. The lowest BCUT2D eigenvalue weighted by molar-refractivity contribution is -0.107. The van der Waals surface area contributed by atoms with Gasteiger partial charge in [0.05, 0.1) is 26.4 Å². The molecule has 0 aliphatic carbocycles. The minimum absolute atomic E-state index is 0.00274. The van der Waals surface area contributed by atoms with Crippen LogP contribution in [0.2, 0.25) is 18.1 Å². The smallest absolute Gasteiger partial charge is 0.192 e. The van der Waals surface area contributed by atoms with E-state index in [-0.39, 0.29) is 11.1 Å². The highest BCUT2D eigenvalue weighted by molar-refractivity contribution is 6.74. The number of carbonyl (C=O) groups excluding carboxylic acids is 1. The van der Waals surface area contributed by atoms with Gasteiger partial charge >= 0.3 is 0 Å². The zero-order valence-corrected chi connectivity index (χ0v) is 18.1. The van der Waals surface area contributed by atoms with Gasteiger partial charge in [-0.15, -0.1) is 0 Å². The summed E-state index contributed by atoms with van der Waals surface area (Å²) in [4.78, 5) is 10.5. The molecule has 0 fully saturated rings. The molecule has 1 atom stereocenters. The highest BCUT2D eigenvalue weighted by atomic mass is 28.4. The van der Waals surface area contributed by atoms with E-state index in [2.05, 4.69) is 33.9 Å². The van der Waals surface area contributed by atoms with Gasteiger partial charge in [-0.2, -0.15) is 0 Å². The Balaban J connectivity index is 2.63. The van der Waals surface area contributed by atoms with Gasteiger partial charge in [0.25, 0.3) is 0 Å². The van der Waals surface area contributed by atoms with E-state index in [0.717, 1.165) is 24.0 Å². The van der Waals surface area contributed by atoms with Crippen molar-refractivity contribution < 1.29 is 18.7 Å². The summed E-state index contributed by atoms with van der Waals surface area (Å²) < 4.78 is 17.6. The van der Waals surface area contributed by atoms with Crippen LogP contribution in [0.5, 0.6) is 5.75 Å². The molecule has 0 aliphatic rings. The van der Waals surface area contributed by atoms with E-state index < -0.39 is 8.32 Å². The lowest BCUT2D eigenvalue weighted by atomic mass is 10.2. The maximum absolute atomic E-state index is 10.5. The Labute approximate surface area is 159 Å². The first-order chi connectivity index (χ1) is 12.2. The Kier molecular flexibility index (Phi) is 9.26. The van der Waals surface area contributed by atoms with Gasteiger partial charge in [-0.1, -0.05) is 45.1 Å². The molecule has 0 bridgehead atoms. The van der Waals surface area contributed by atoms with Gasteiger partial charge in [0.1, 0.15) is 12.0 Å². The number of allylic oxidation sites excluding steroid dienone is 1. The van der Waals surface area contributed by atoms with Gasteiger partial charge in [0.15, 0.2) is 8.32 Å². The van der Waals surface area contributed by atoms with E-state index in [1.165, 1.54) is 0 Å². The lowest BCUT2D eigenvalue weighted by Gasteiger charge is -2.39. The summed E-state index contributed by atoms with van der Waals surface area (Å²) in [6.07, 6.45) is 6.00. The van der Waals surface area contributed by atoms with Crippen LogP contribution in [0.4, 0.5) is 0 Å². The summed E-state index contributed by atoms with van der Waals surface area (Å²) in [5.74, 6) is 0.841. The van der Waals surface area contributed by atoms with E-state index in [0.29, 0.717) is 19.6 Å². The van der Waals surface area contributed by atoms with Crippen LogP contribution in [0, 0.1) is 0 Å². The largest absolute Gasteiger partial charge is 0.497 e. The molecule has 0 N–H and O–H groups in total. The standard InChI is InChI=1S/C21H34O4Si/c1-21(2,3)26(5,6)25-20(10-8-7-9-15-22)17-24-16-18-11-13-19(23-4)14-12-18/h7-8,11-15,20H,9-10,16-17H2,1-6H3/b8-7-/t20-/m0/s1. The molecular weight excluding hydrogens is 344 g/mol. The molecule has 0 amide bonds. The van der Waals surface area contributed by atoms with Crippen LogP contribution in [0.3, 0.4) is 0 Å². The Morgan fingerprint density at radius 2 is 1.77 bits per heavy atom. The summed E-state index contributed by atoms with van der Waals surface area (Å²) in [5, 5.41) is 0.147. The second-order valence-corrected chi connectivity index (χ2v) is 12.7. The van der Waals surface area contributed by atoms with Gasteiger partial charge in [-0.05, 0) is 42.2 Å². The minimum atomic E-state index is -1.88. The van der Waals surface area contributed by atoms with Crippen molar-refractivity contribution in [3.8, 4) is 5.75 Å². The van der Waals surface area contributed by atoms with Crippen LogP contribution in [-0.2, 0) is 20.6 Å². The molecule has 4 nitrogen and oxygen atoms in total. The van der Waals surface area contributed by atoms with Crippen molar-refractivity contribution in [3.05, 3.63) is 42.0 Å². The summed E-state index contributed by atoms with van der Waals surface area (Å²) in [6, 6.07) is 7.88. The van der Waals surface area contributed by atoms with Gasteiger partial charge in [-0.25, -0.2) is 0 Å². The number of rotatable bonds is 11. The molecule has 0 heterocycles. The molecule has 0 saturated carbocycles. The quantitative estimate of drug-likeness (QED) is 0.304. The Morgan fingerprint density at radius 3 is 2.31 bits per heavy atom. The third-order valence-corrected chi connectivity index (χ3v) is 9.33. The maximum atomic E-state index is 10.5. The molecule has 1 aromatic carbocycles. The van der Waals surface area contributed by atoms with Crippen molar-refractivity contribution >= 4 is 14.6 Å². The predicted molar refractivity (Wildman–Crippen MR) is 109 cm³/mol. The number of methoxy groups -OCH3 is 1. The molecular formula is C21H34O4Si. The van der Waals surface area contributed by atoms with Crippen molar-refractivity contribution in [3.63, 3.8) is 0 Å². The van der Waals surface area contributed by atoms with Crippen LogP contribution < -0.4 is 4.74 Å². The molecule has 146 valence electrons. The second kappa shape index (κ2) is 10.7. The molecule has 5 heteroatoms. The van der Waals surface area contributed by atoms with Gasteiger partial charge in [0, 0.05) is 6.42 Å². The Bertz CT molecular complexity index is 558. The third kappa shape index (κ3) is 7.85. The van der Waals surface area contributed by atoms with Crippen molar-refractivity contribution in [2.75, 3.05) is 13.7 Å². The molecule has 0 saturated heterocycles. The molecule has 0 aromatic heterocycles. The van der Waals surface area contributed by atoms with E-state index >= 15 is 0 Å². The Hall–Kier alpha value is -1.43. The van der Waals surface area contributed by atoms with Gasteiger partial charge in [0.2, 0.25) is 0 Å². The van der Waals surface area contributed by atoms with Gasteiger partial charge in [-0.3, -0.25) is 0 Å². The predicted octanol–water partition coefficient (Wildman–Crippen LogP) is 5.14. The van der Waals surface area contributed by atoms with Crippen molar-refractivity contribution in [1.82, 2.24) is 0 Å². The average Bonchev–Trinajstić information content (AvgIpc) is 2.58. The first-order valence-electron chi connectivity index (χ1n) is 9.16. The molecule has 0 spiro atoms. The summed E-state index contributed by atoms with van der Waals surface area (Å²) in [5.41, 5.74) is 1.10. The average molecular weight is 379 g/mol. The Morgan fingerprint density at radius 1 is 1.12 bits per heavy atom. The van der Waals surface area contributed by atoms with Crippen molar-refractivity contribution in [2.24, 2.45) is 0 Å². The maximum Gasteiger partial charge on any atom is 0.192 e.